The van der Waals surface area contributed by atoms with E-state index in [0.29, 0.717) is 0 Å². The standard InChI is InChI=1S/C9H12O5S/c1-13-7-5-9(15(3,11)12)8(14-2)4-6(7)10/h4-5,10H,1-3H3. The molecule has 0 atom stereocenters. The van der Waals surface area contributed by atoms with Gasteiger partial charge in [0.2, 0.25) is 0 Å². The Balaban J connectivity index is 3.49. The molecule has 0 fully saturated rings. The summed E-state index contributed by atoms with van der Waals surface area (Å²) >= 11 is 0. The van der Waals surface area contributed by atoms with Crippen molar-refractivity contribution in [3.8, 4) is 17.2 Å². The highest BCUT2D eigenvalue weighted by atomic mass is 32.2. The van der Waals surface area contributed by atoms with Crippen LogP contribution in [0.2, 0.25) is 0 Å². The van der Waals surface area contributed by atoms with Crippen LogP contribution in [0.1, 0.15) is 0 Å². The quantitative estimate of drug-likeness (QED) is 0.835. The van der Waals surface area contributed by atoms with Crippen LogP contribution in [0.5, 0.6) is 17.2 Å². The van der Waals surface area contributed by atoms with E-state index in [0.717, 1.165) is 6.26 Å². The fourth-order valence-corrected chi connectivity index (χ4v) is 1.97. The number of aromatic hydroxyl groups is 1. The van der Waals surface area contributed by atoms with E-state index in [1.807, 2.05) is 0 Å². The molecule has 0 aliphatic rings. The molecule has 1 N–H and O–H groups in total. The maximum Gasteiger partial charge on any atom is 0.179 e. The van der Waals surface area contributed by atoms with Crippen LogP contribution in [0.4, 0.5) is 0 Å². The van der Waals surface area contributed by atoms with Crippen molar-refractivity contribution in [2.24, 2.45) is 0 Å². The third-order valence-electron chi connectivity index (χ3n) is 1.86. The van der Waals surface area contributed by atoms with Crippen LogP contribution in [0.15, 0.2) is 17.0 Å². The number of phenolic OH excluding ortho intramolecular Hbond substituents is 1. The summed E-state index contributed by atoms with van der Waals surface area (Å²) in [5.41, 5.74) is 0. The summed E-state index contributed by atoms with van der Waals surface area (Å²) in [6, 6.07) is 2.43. The molecule has 15 heavy (non-hydrogen) atoms. The molecular weight excluding hydrogens is 220 g/mol. The maximum absolute atomic E-state index is 11.4. The van der Waals surface area contributed by atoms with Crippen molar-refractivity contribution >= 4 is 9.84 Å². The number of rotatable bonds is 3. The minimum Gasteiger partial charge on any atom is -0.504 e. The minimum atomic E-state index is -3.41. The van der Waals surface area contributed by atoms with Gasteiger partial charge in [-0.1, -0.05) is 0 Å². The summed E-state index contributed by atoms with van der Waals surface area (Å²) in [6.45, 7) is 0. The summed E-state index contributed by atoms with van der Waals surface area (Å²) in [5, 5.41) is 9.41. The van der Waals surface area contributed by atoms with Crippen molar-refractivity contribution in [1.29, 1.82) is 0 Å². The van der Waals surface area contributed by atoms with E-state index in [9.17, 15) is 13.5 Å². The van der Waals surface area contributed by atoms with E-state index in [2.05, 4.69) is 0 Å². The summed E-state index contributed by atoms with van der Waals surface area (Å²) in [6.07, 6.45) is 1.06. The van der Waals surface area contributed by atoms with Gasteiger partial charge in [0.05, 0.1) is 14.2 Å². The van der Waals surface area contributed by atoms with E-state index in [1.54, 1.807) is 0 Å². The summed E-state index contributed by atoms with van der Waals surface area (Å²) in [4.78, 5) is -0.0142. The van der Waals surface area contributed by atoms with Crippen LogP contribution in [0.3, 0.4) is 0 Å². The van der Waals surface area contributed by atoms with E-state index < -0.39 is 9.84 Å². The number of methoxy groups -OCH3 is 2. The van der Waals surface area contributed by atoms with Gasteiger partial charge in [-0.15, -0.1) is 0 Å². The molecule has 0 amide bonds. The van der Waals surface area contributed by atoms with Crippen molar-refractivity contribution in [3.05, 3.63) is 12.1 Å². The van der Waals surface area contributed by atoms with Crippen molar-refractivity contribution in [1.82, 2.24) is 0 Å². The van der Waals surface area contributed by atoms with Crippen LogP contribution in [0.25, 0.3) is 0 Å². The second-order valence-corrected chi connectivity index (χ2v) is 4.93. The van der Waals surface area contributed by atoms with Crippen LogP contribution in [0, 0.1) is 0 Å². The van der Waals surface area contributed by atoms with Gasteiger partial charge < -0.3 is 14.6 Å². The zero-order valence-electron chi connectivity index (χ0n) is 8.64. The molecule has 0 saturated heterocycles. The van der Waals surface area contributed by atoms with E-state index >= 15 is 0 Å². The normalized spacial score (nSPS) is 11.1. The van der Waals surface area contributed by atoms with Gasteiger partial charge in [-0.25, -0.2) is 8.42 Å². The van der Waals surface area contributed by atoms with Gasteiger partial charge in [-0.3, -0.25) is 0 Å². The first-order chi connectivity index (χ1) is 6.90. The topological polar surface area (TPSA) is 72.8 Å². The molecule has 0 saturated carbocycles. The van der Waals surface area contributed by atoms with Gasteiger partial charge in [0.25, 0.3) is 0 Å². The molecule has 5 nitrogen and oxygen atoms in total. The highest BCUT2D eigenvalue weighted by Crippen LogP contribution is 2.35. The first-order valence-electron chi connectivity index (χ1n) is 4.05. The lowest BCUT2D eigenvalue weighted by molar-refractivity contribution is 0.360. The lowest BCUT2D eigenvalue weighted by Gasteiger charge is -2.10. The molecule has 0 unspecified atom stereocenters. The zero-order chi connectivity index (χ0) is 11.6. The maximum atomic E-state index is 11.4. The van der Waals surface area contributed by atoms with Crippen molar-refractivity contribution in [2.75, 3.05) is 20.5 Å². The van der Waals surface area contributed by atoms with Crippen LogP contribution in [-0.4, -0.2) is 34.0 Å². The lowest BCUT2D eigenvalue weighted by Crippen LogP contribution is -2.01. The molecule has 84 valence electrons. The van der Waals surface area contributed by atoms with Crippen LogP contribution in [-0.2, 0) is 9.84 Å². The van der Waals surface area contributed by atoms with Gasteiger partial charge in [-0.05, 0) is 0 Å². The Kier molecular flexibility index (Phi) is 3.09. The average molecular weight is 232 g/mol. The molecule has 1 rings (SSSR count). The number of hydrogen-bond acceptors (Lipinski definition) is 5. The monoisotopic (exact) mass is 232 g/mol. The molecule has 1 aromatic rings. The van der Waals surface area contributed by atoms with E-state index in [1.165, 1.54) is 26.4 Å². The number of sulfone groups is 1. The number of benzene rings is 1. The summed E-state index contributed by atoms with van der Waals surface area (Å²) in [5.74, 6) is 0.0220. The molecule has 0 aliphatic heterocycles. The van der Waals surface area contributed by atoms with Gasteiger partial charge in [0, 0.05) is 18.4 Å². The molecule has 0 radical (unpaired) electrons. The third-order valence-corrected chi connectivity index (χ3v) is 2.98. The third kappa shape index (κ3) is 2.33. The zero-order valence-corrected chi connectivity index (χ0v) is 9.46. The molecule has 0 bridgehead atoms. The molecule has 0 heterocycles. The van der Waals surface area contributed by atoms with Crippen LogP contribution >= 0.6 is 0 Å². The Hall–Kier alpha value is -1.43. The predicted octanol–water partition coefficient (Wildman–Crippen LogP) is 0.813. The first-order valence-corrected chi connectivity index (χ1v) is 5.94. The van der Waals surface area contributed by atoms with E-state index in [4.69, 9.17) is 9.47 Å². The Morgan fingerprint density at radius 3 is 2.07 bits per heavy atom. The number of hydrogen-bond donors (Lipinski definition) is 1. The fourth-order valence-electron chi connectivity index (χ4n) is 1.14. The SMILES string of the molecule is COc1cc(S(C)(=O)=O)c(OC)cc1O. The predicted molar refractivity (Wildman–Crippen MR) is 54.3 cm³/mol. The Morgan fingerprint density at radius 2 is 1.67 bits per heavy atom. The fraction of sp³-hybridized carbons (Fsp3) is 0.333. The lowest BCUT2D eigenvalue weighted by atomic mass is 10.3. The Morgan fingerprint density at radius 1 is 1.13 bits per heavy atom. The molecule has 6 heteroatoms. The van der Waals surface area contributed by atoms with Gasteiger partial charge >= 0.3 is 0 Å². The largest absolute Gasteiger partial charge is 0.504 e. The Labute approximate surface area is 88.2 Å². The average Bonchev–Trinajstić information content (AvgIpc) is 2.15. The Bertz CT molecular complexity index is 464. The summed E-state index contributed by atoms with van der Waals surface area (Å²) < 4.78 is 32.4. The second kappa shape index (κ2) is 3.98. The van der Waals surface area contributed by atoms with Crippen molar-refractivity contribution in [3.63, 3.8) is 0 Å². The smallest absolute Gasteiger partial charge is 0.179 e. The molecule has 0 aromatic heterocycles. The van der Waals surface area contributed by atoms with Gasteiger partial charge in [-0.2, -0.15) is 0 Å². The first kappa shape index (κ1) is 11.6. The molecule has 0 spiro atoms. The van der Waals surface area contributed by atoms with Gasteiger partial charge in [0.1, 0.15) is 10.6 Å². The highest BCUT2D eigenvalue weighted by molar-refractivity contribution is 7.90. The van der Waals surface area contributed by atoms with Crippen molar-refractivity contribution < 1.29 is 23.0 Å². The highest BCUT2D eigenvalue weighted by Gasteiger charge is 2.18. The van der Waals surface area contributed by atoms with Crippen molar-refractivity contribution in [2.45, 2.75) is 4.90 Å². The number of phenols is 1. The summed E-state index contributed by atoms with van der Waals surface area (Å²) in [7, 11) is -0.741. The van der Waals surface area contributed by atoms with E-state index in [-0.39, 0.29) is 22.1 Å². The molecule has 1 aromatic carbocycles. The minimum absolute atomic E-state index is 0.0142. The second-order valence-electron chi connectivity index (χ2n) is 2.95. The van der Waals surface area contributed by atoms with Crippen LogP contribution < -0.4 is 9.47 Å². The molecular formula is C9H12O5S. The molecule has 0 aliphatic carbocycles. The van der Waals surface area contributed by atoms with Gasteiger partial charge in [0.15, 0.2) is 21.3 Å². The number of ether oxygens (including phenoxy) is 2.